The number of cyclic esters (lactones) is 1. The van der Waals surface area contributed by atoms with Gasteiger partial charge in [0.2, 0.25) is 6.23 Å². The molecule has 1 aromatic heterocycles. The highest BCUT2D eigenvalue weighted by Gasteiger charge is 2.35. The van der Waals surface area contributed by atoms with Gasteiger partial charge in [-0.1, -0.05) is 19.1 Å². The zero-order chi connectivity index (χ0) is 21.7. The number of nitrogens with one attached hydrogen (secondary N) is 1. The highest BCUT2D eigenvalue weighted by atomic mass is 32.2. The second-order valence-electron chi connectivity index (χ2n) is 7.76. The lowest BCUT2D eigenvalue weighted by Crippen LogP contribution is -2.37. The predicted octanol–water partition coefficient (Wildman–Crippen LogP) is 4.05. The number of benzene rings is 1. The van der Waals surface area contributed by atoms with Crippen molar-refractivity contribution in [3.8, 4) is 0 Å². The fourth-order valence-corrected chi connectivity index (χ4v) is 3.63. The van der Waals surface area contributed by atoms with E-state index in [1.54, 1.807) is 23.4 Å². The fourth-order valence-electron chi connectivity index (χ4n) is 2.79. The average Bonchev–Trinajstić information content (AvgIpc) is 3.36. The number of hydrogen-bond donors (Lipinski definition) is 1. The largest absolute Gasteiger partial charge is 0.464 e. The van der Waals surface area contributed by atoms with Crippen LogP contribution in [0.1, 0.15) is 51.7 Å². The SMILES string of the molecule is CCC(C)(C)OC(=O)C(C)Sc1ccc(CNN2CC(=O)OC2c2ccco2)cc1. The monoisotopic (exact) mass is 432 g/mol. The Kier molecular flexibility index (Phi) is 7.23. The quantitative estimate of drug-likeness (QED) is 0.469. The Morgan fingerprint density at radius 3 is 2.70 bits per heavy atom. The molecule has 30 heavy (non-hydrogen) atoms. The van der Waals surface area contributed by atoms with E-state index in [0.717, 1.165) is 16.9 Å². The van der Waals surface area contributed by atoms with Crippen LogP contribution in [0.25, 0.3) is 0 Å². The van der Waals surface area contributed by atoms with E-state index in [9.17, 15) is 9.59 Å². The second kappa shape index (κ2) is 9.68. The molecule has 1 aromatic carbocycles. The molecule has 0 saturated carbocycles. The molecule has 2 aromatic rings. The lowest BCUT2D eigenvalue weighted by atomic mass is 10.1. The molecule has 1 N–H and O–H groups in total. The molecule has 1 aliphatic heterocycles. The van der Waals surface area contributed by atoms with Gasteiger partial charge in [-0.3, -0.25) is 9.59 Å². The van der Waals surface area contributed by atoms with Crippen molar-refractivity contribution in [3.63, 3.8) is 0 Å². The summed E-state index contributed by atoms with van der Waals surface area (Å²) in [5.74, 6) is 0.0651. The van der Waals surface area contributed by atoms with Crippen LogP contribution in [-0.2, 0) is 25.6 Å². The Hall–Kier alpha value is -2.29. The number of hydrazine groups is 1. The average molecular weight is 433 g/mol. The van der Waals surface area contributed by atoms with Crippen molar-refractivity contribution in [2.75, 3.05) is 6.54 Å². The molecule has 2 unspecified atom stereocenters. The first kappa shape index (κ1) is 22.4. The van der Waals surface area contributed by atoms with Gasteiger partial charge in [0.05, 0.1) is 6.26 Å². The summed E-state index contributed by atoms with van der Waals surface area (Å²) >= 11 is 1.47. The Morgan fingerprint density at radius 1 is 1.33 bits per heavy atom. The van der Waals surface area contributed by atoms with Crippen LogP contribution in [0.2, 0.25) is 0 Å². The standard InChI is InChI=1S/C22H28N2O5S/c1-5-22(3,4)29-21(26)15(2)30-17-10-8-16(9-11-17)13-23-24-14-19(25)28-20(24)18-7-6-12-27-18/h6-12,15,20,23H,5,13-14H2,1-4H3. The highest BCUT2D eigenvalue weighted by molar-refractivity contribution is 8.00. The van der Waals surface area contributed by atoms with Gasteiger partial charge in [0.25, 0.3) is 0 Å². The summed E-state index contributed by atoms with van der Waals surface area (Å²) in [6.07, 6.45) is 1.75. The summed E-state index contributed by atoms with van der Waals surface area (Å²) in [5.41, 5.74) is 3.82. The van der Waals surface area contributed by atoms with Gasteiger partial charge in [-0.2, -0.15) is 5.01 Å². The van der Waals surface area contributed by atoms with Crippen molar-refractivity contribution < 1.29 is 23.5 Å². The van der Waals surface area contributed by atoms with Gasteiger partial charge in [-0.05, 0) is 57.0 Å². The summed E-state index contributed by atoms with van der Waals surface area (Å²) in [4.78, 5) is 25.0. The Labute approximate surface area is 181 Å². The number of hydrogen-bond acceptors (Lipinski definition) is 8. The Morgan fingerprint density at radius 2 is 2.07 bits per heavy atom. The first-order chi connectivity index (χ1) is 14.3. The van der Waals surface area contributed by atoms with E-state index in [1.165, 1.54) is 11.8 Å². The molecule has 0 aliphatic carbocycles. The van der Waals surface area contributed by atoms with Gasteiger partial charge in [-0.25, -0.2) is 5.43 Å². The van der Waals surface area contributed by atoms with Crippen LogP contribution in [0.4, 0.5) is 0 Å². The fraction of sp³-hybridized carbons (Fsp3) is 0.455. The van der Waals surface area contributed by atoms with Crippen LogP contribution in [0.5, 0.6) is 0 Å². The van der Waals surface area contributed by atoms with E-state index in [1.807, 2.05) is 52.0 Å². The third-order valence-corrected chi connectivity index (χ3v) is 5.99. The molecule has 0 bridgehead atoms. The van der Waals surface area contributed by atoms with Crippen LogP contribution >= 0.6 is 11.8 Å². The van der Waals surface area contributed by atoms with Crippen LogP contribution in [0.15, 0.2) is 52.0 Å². The molecule has 1 aliphatic rings. The van der Waals surface area contributed by atoms with Crippen LogP contribution < -0.4 is 5.43 Å². The van der Waals surface area contributed by atoms with Crippen molar-refractivity contribution in [1.82, 2.24) is 10.4 Å². The molecular weight excluding hydrogens is 404 g/mol. The molecule has 0 radical (unpaired) electrons. The van der Waals surface area contributed by atoms with E-state index >= 15 is 0 Å². The summed E-state index contributed by atoms with van der Waals surface area (Å²) in [5, 5.41) is 1.43. The Bertz CT molecular complexity index is 851. The zero-order valence-corrected chi connectivity index (χ0v) is 18.5. The van der Waals surface area contributed by atoms with Crippen molar-refractivity contribution >= 4 is 23.7 Å². The van der Waals surface area contributed by atoms with Crippen LogP contribution in [0, 0.1) is 0 Å². The number of ether oxygens (including phenoxy) is 2. The van der Waals surface area contributed by atoms with Gasteiger partial charge < -0.3 is 13.9 Å². The van der Waals surface area contributed by atoms with E-state index in [2.05, 4.69) is 5.43 Å². The second-order valence-corrected chi connectivity index (χ2v) is 9.17. The summed E-state index contributed by atoms with van der Waals surface area (Å²) in [6, 6.07) is 11.5. The third-order valence-electron chi connectivity index (χ3n) is 4.89. The van der Waals surface area contributed by atoms with Gasteiger partial charge in [0.15, 0.2) is 5.76 Å². The van der Waals surface area contributed by atoms with Crippen molar-refractivity contribution in [3.05, 3.63) is 54.0 Å². The molecular formula is C22H28N2O5S. The molecule has 2 atom stereocenters. The first-order valence-electron chi connectivity index (χ1n) is 9.99. The molecule has 3 rings (SSSR count). The van der Waals surface area contributed by atoms with E-state index < -0.39 is 11.8 Å². The van der Waals surface area contributed by atoms with Crippen molar-refractivity contribution in [2.45, 2.75) is 62.6 Å². The normalized spacial score (nSPS) is 18.3. The molecule has 0 amide bonds. The van der Waals surface area contributed by atoms with Crippen molar-refractivity contribution in [2.24, 2.45) is 0 Å². The van der Waals surface area contributed by atoms with Gasteiger partial charge >= 0.3 is 11.9 Å². The van der Waals surface area contributed by atoms with Crippen LogP contribution in [0.3, 0.4) is 0 Å². The number of nitrogens with zero attached hydrogens (tertiary/aromatic N) is 1. The number of furan rings is 1. The van der Waals surface area contributed by atoms with E-state index in [-0.39, 0.29) is 23.7 Å². The molecule has 8 heteroatoms. The van der Waals surface area contributed by atoms with E-state index in [0.29, 0.717) is 12.3 Å². The number of thioether (sulfide) groups is 1. The topological polar surface area (TPSA) is 81.0 Å². The smallest absolute Gasteiger partial charge is 0.323 e. The minimum atomic E-state index is -0.568. The molecule has 1 saturated heterocycles. The molecule has 2 heterocycles. The third kappa shape index (κ3) is 5.87. The molecule has 7 nitrogen and oxygen atoms in total. The Balaban J connectivity index is 1.52. The van der Waals surface area contributed by atoms with Crippen molar-refractivity contribution in [1.29, 1.82) is 0 Å². The maximum Gasteiger partial charge on any atom is 0.323 e. The number of esters is 2. The minimum absolute atomic E-state index is 0.146. The first-order valence-corrected chi connectivity index (χ1v) is 10.9. The zero-order valence-electron chi connectivity index (χ0n) is 17.7. The molecule has 162 valence electrons. The van der Waals surface area contributed by atoms with Crippen LogP contribution in [-0.4, -0.2) is 34.3 Å². The van der Waals surface area contributed by atoms with Gasteiger partial charge in [0.1, 0.15) is 17.4 Å². The predicted molar refractivity (Wildman–Crippen MR) is 113 cm³/mol. The molecule has 0 spiro atoms. The van der Waals surface area contributed by atoms with E-state index in [4.69, 9.17) is 13.9 Å². The molecule has 1 fully saturated rings. The number of carbonyl (C=O) groups is 2. The maximum absolute atomic E-state index is 12.3. The number of carbonyl (C=O) groups excluding carboxylic acids is 2. The van der Waals surface area contributed by atoms with Gasteiger partial charge in [0, 0.05) is 11.4 Å². The number of rotatable bonds is 9. The van der Waals surface area contributed by atoms with Gasteiger partial charge in [-0.15, -0.1) is 11.8 Å². The summed E-state index contributed by atoms with van der Waals surface area (Å²) < 4.78 is 16.2. The maximum atomic E-state index is 12.3. The summed E-state index contributed by atoms with van der Waals surface area (Å²) in [6.45, 7) is 8.36. The summed E-state index contributed by atoms with van der Waals surface area (Å²) in [7, 11) is 0. The minimum Gasteiger partial charge on any atom is -0.464 e. The lowest BCUT2D eigenvalue weighted by molar-refractivity contribution is -0.155. The lowest BCUT2D eigenvalue weighted by Gasteiger charge is -2.25. The highest BCUT2D eigenvalue weighted by Crippen LogP contribution is 2.28.